The summed E-state index contributed by atoms with van der Waals surface area (Å²) in [7, 11) is 0. The summed E-state index contributed by atoms with van der Waals surface area (Å²) in [5.41, 5.74) is 6.81. The minimum Gasteiger partial charge on any atom is -0.350 e. The molecule has 0 atom stereocenters. The number of hydrogen-bond donors (Lipinski definition) is 4. The highest BCUT2D eigenvalue weighted by Gasteiger charge is 2.18. The monoisotopic (exact) mass is 489 g/mol. The van der Waals surface area contributed by atoms with Crippen molar-refractivity contribution in [2.75, 3.05) is 0 Å². The molecule has 4 rings (SSSR count). The van der Waals surface area contributed by atoms with Gasteiger partial charge in [-0.25, -0.2) is 5.48 Å². The van der Waals surface area contributed by atoms with Gasteiger partial charge in [-0.15, -0.1) is 0 Å². The Labute approximate surface area is 193 Å². The molecule has 2 amide bonds. The van der Waals surface area contributed by atoms with Gasteiger partial charge in [0.15, 0.2) is 0 Å². The van der Waals surface area contributed by atoms with Gasteiger partial charge < -0.3 is 10.3 Å². The standard InChI is InChI=1S/C25H20BrN3O3/c26-20-12-10-17(11-13-20)21-14-22(18-4-2-1-3-5-18)28-23(21)25(31)27-15-16-6-8-19(9-7-16)24(30)29-32/h1-14,28,32H,15H2,(H,27,31)(H,29,30). The summed E-state index contributed by atoms with van der Waals surface area (Å²) in [5, 5.41) is 11.7. The molecule has 7 heteroatoms. The Balaban J connectivity index is 1.59. The van der Waals surface area contributed by atoms with Crippen LogP contribution >= 0.6 is 15.9 Å². The second-order valence-corrected chi connectivity index (χ2v) is 8.08. The fourth-order valence-corrected chi connectivity index (χ4v) is 3.64. The lowest BCUT2D eigenvalue weighted by Gasteiger charge is -2.08. The first-order valence-electron chi connectivity index (χ1n) is 9.91. The topological polar surface area (TPSA) is 94.2 Å². The van der Waals surface area contributed by atoms with E-state index in [-0.39, 0.29) is 5.91 Å². The first kappa shape index (κ1) is 21.5. The number of benzene rings is 3. The number of aromatic amines is 1. The van der Waals surface area contributed by atoms with Gasteiger partial charge in [-0.3, -0.25) is 14.8 Å². The fourth-order valence-electron chi connectivity index (χ4n) is 3.37. The number of hydroxylamine groups is 1. The van der Waals surface area contributed by atoms with Gasteiger partial charge in [0.2, 0.25) is 0 Å². The number of carbonyl (C=O) groups excluding carboxylic acids is 2. The average Bonchev–Trinajstić information content (AvgIpc) is 3.29. The molecule has 0 aliphatic rings. The first-order valence-corrected chi connectivity index (χ1v) is 10.7. The maximum absolute atomic E-state index is 13.1. The van der Waals surface area contributed by atoms with Crippen LogP contribution in [0, 0.1) is 0 Å². The third-order valence-corrected chi connectivity index (χ3v) is 5.58. The van der Waals surface area contributed by atoms with Crippen LogP contribution in [0.15, 0.2) is 89.4 Å². The number of aromatic nitrogens is 1. The molecule has 0 fully saturated rings. The van der Waals surface area contributed by atoms with E-state index in [9.17, 15) is 9.59 Å². The third-order valence-electron chi connectivity index (χ3n) is 5.06. The summed E-state index contributed by atoms with van der Waals surface area (Å²) in [6.07, 6.45) is 0. The van der Waals surface area contributed by atoms with E-state index in [2.05, 4.69) is 26.2 Å². The number of H-pyrrole nitrogens is 1. The van der Waals surface area contributed by atoms with Crippen molar-refractivity contribution < 1.29 is 14.8 Å². The SMILES string of the molecule is O=C(NO)c1ccc(CNC(=O)c2[nH]c(-c3ccccc3)cc2-c2ccc(Br)cc2)cc1. The molecule has 0 radical (unpaired) electrons. The molecule has 0 bridgehead atoms. The highest BCUT2D eigenvalue weighted by molar-refractivity contribution is 9.10. The van der Waals surface area contributed by atoms with Crippen LogP contribution in [0.1, 0.15) is 26.4 Å². The molecule has 3 aromatic carbocycles. The number of nitrogens with one attached hydrogen (secondary N) is 3. The second kappa shape index (κ2) is 9.64. The Bertz CT molecular complexity index is 1230. The van der Waals surface area contributed by atoms with Gasteiger partial charge in [0.05, 0.1) is 0 Å². The number of halogens is 1. The molecular formula is C25H20BrN3O3. The van der Waals surface area contributed by atoms with Crippen LogP contribution in [0.3, 0.4) is 0 Å². The van der Waals surface area contributed by atoms with Crippen molar-refractivity contribution in [1.82, 2.24) is 15.8 Å². The molecule has 1 aromatic heterocycles. The van der Waals surface area contributed by atoms with Crippen LogP contribution in [0.4, 0.5) is 0 Å². The van der Waals surface area contributed by atoms with Crippen molar-refractivity contribution in [2.45, 2.75) is 6.54 Å². The van der Waals surface area contributed by atoms with Crippen LogP contribution in [-0.2, 0) is 6.54 Å². The van der Waals surface area contributed by atoms with E-state index in [1.807, 2.05) is 60.7 Å². The van der Waals surface area contributed by atoms with E-state index in [4.69, 9.17) is 5.21 Å². The minimum absolute atomic E-state index is 0.234. The highest BCUT2D eigenvalue weighted by Crippen LogP contribution is 2.30. The van der Waals surface area contributed by atoms with Gasteiger partial charge in [-0.05, 0) is 47.0 Å². The molecule has 0 saturated heterocycles. The zero-order valence-electron chi connectivity index (χ0n) is 16.9. The molecular weight excluding hydrogens is 470 g/mol. The van der Waals surface area contributed by atoms with Gasteiger partial charge in [0, 0.05) is 27.8 Å². The van der Waals surface area contributed by atoms with Crippen molar-refractivity contribution in [2.24, 2.45) is 0 Å². The second-order valence-electron chi connectivity index (χ2n) is 7.17. The van der Waals surface area contributed by atoms with Crippen molar-refractivity contribution in [1.29, 1.82) is 0 Å². The average molecular weight is 490 g/mol. The van der Waals surface area contributed by atoms with Gasteiger partial charge >= 0.3 is 0 Å². The maximum Gasteiger partial charge on any atom is 0.274 e. The predicted octanol–water partition coefficient (Wildman–Crippen LogP) is 5.16. The Morgan fingerprint density at radius 1 is 0.844 bits per heavy atom. The van der Waals surface area contributed by atoms with Crippen LogP contribution in [0.25, 0.3) is 22.4 Å². The summed E-state index contributed by atoms with van der Waals surface area (Å²) in [5.74, 6) is -0.818. The Morgan fingerprint density at radius 3 is 2.19 bits per heavy atom. The fraction of sp³-hybridized carbons (Fsp3) is 0.0400. The Hall–Kier alpha value is -3.68. The largest absolute Gasteiger partial charge is 0.350 e. The van der Waals surface area contributed by atoms with Gasteiger partial charge in [-0.2, -0.15) is 0 Å². The van der Waals surface area contributed by atoms with E-state index in [1.165, 1.54) is 0 Å². The molecule has 0 aliphatic heterocycles. The summed E-state index contributed by atoms with van der Waals surface area (Å²) in [6, 6.07) is 26.2. The normalized spacial score (nSPS) is 10.6. The third kappa shape index (κ3) is 4.80. The molecule has 0 saturated carbocycles. The molecule has 160 valence electrons. The van der Waals surface area contributed by atoms with Gasteiger partial charge in [0.25, 0.3) is 11.8 Å². The van der Waals surface area contributed by atoms with Gasteiger partial charge in [-0.1, -0.05) is 70.5 Å². The van der Waals surface area contributed by atoms with Crippen molar-refractivity contribution in [3.63, 3.8) is 0 Å². The lowest BCUT2D eigenvalue weighted by atomic mass is 10.0. The molecule has 6 nitrogen and oxygen atoms in total. The van der Waals surface area contributed by atoms with E-state index in [1.54, 1.807) is 29.7 Å². The molecule has 1 heterocycles. The molecule has 4 N–H and O–H groups in total. The van der Waals surface area contributed by atoms with Crippen LogP contribution < -0.4 is 10.8 Å². The van der Waals surface area contributed by atoms with Crippen molar-refractivity contribution in [3.05, 3.63) is 106 Å². The number of hydrogen-bond acceptors (Lipinski definition) is 3. The number of amides is 2. The van der Waals surface area contributed by atoms with Crippen LogP contribution in [-0.4, -0.2) is 22.0 Å². The molecule has 4 aromatic rings. The number of rotatable bonds is 6. The summed E-state index contributed by atoms with van der Waals surface area (Å²) >= 11 is 3.45. The first-order chi connectivity index (χ1) is 15.5. The smallest absolute Gasteiger partial charge is 0.274 e. The minimum atomic E-state index is -0.584. The van der Waals surface area contributed by atoms with Crippen LogP contribution in [0.5, 0.6) is 0 Å². The molecule has 0 unspecified atom stereocenters. The summed E-state index contributed by atoms with van der Waals surface area (Å²) < 4.78 is 0.962. The van der Waals surface area contributed by atoms with Crippen molar-refractivity contribution >= 4 is 27.7 Å². The van der Waals surface area contributed by atoms with Gasteiger partial charge in [0.1, 0.15) is 5.69 Å². The molecule has 32 heavy (non-hydrogen) atoms. The zero-order chi connectivity index (χ0) is 22.5. The summed E-state index contributed by atoms with van der Waals surface area (Å²) in [4.78, 5) is 27.8. The summed E-state index contributed by atoms with van der Waals surface area (Å²) in [6.45, 7) is 0.291. The lowest BCUT2D eigenvalue weighted by molar-refractivity contribution is 0.0706. The van der Waals surface area contributed by atoms with Crippen molar-refractivity contribution in [3.8, 4) is 22.4 Å². The predicted molar refractivity (Wildman–Crippen MR) is 126 cm³/mol. The molecule has 0 spiro atoms. The number of carbonyl (C=O) groups is 2. The van der Waals surface area contributed by atoms with E-state index in [0.717, 1.165) is 32.4 Å². The zero-order valence-corrected chi connectivity index (χ0v) is 18.5. The Morgan fingerprint density at radius 2 is 1.53 bits per heavy atom. The van der Waals surface area contributed by atoms with Crippen LogP contribution in [0.2, 0.25) is 0 Å². The van der Waals surface area contributed by atoms with E-state index >= 15 is 0 Å². The quantitative estimate of drug-likeness (QED) is 0.222. The lowest BCUT2D eigenvalue weighted by Crippen LogP contribution is -2.24. The Kier molecular flexibility index (Phi) is 6.49. The maximum atomic E-state index is 13.1. The van der Waals surface area contributed by atoms with E-state index in [0.29, 0.717) is 17.8 Å². The van der Waals surface area contributed by atoms with E-state index < -0.39 is 5.91 Å². The molecule has 0 aliphatic carbocycles. The highest BCUT2D eigenvalue weighted by atomic mass is 79.9.